The number of hydrogen-bond donors (Lipinski definition) is 3. The number of aromatic nitrogens is 5. The second kappa shape index (κ2) is 7.75. The van der Waals surface area contributed by atoms with Crippen molar-refractivity contribution >= 4 is 18.3 Å². The van der Waals surface area contributed by atoms with Gasteiger partial charge in [-0.25, -0.2) is 4.98 Å². The molecule has 1 saturated carbocycles. The first-order valence-corrected chi connectivity index (χ1v) is 9.11. The summed E-state index contributed by atoms with van der Waals surface area (Å²) >= 11 is 0. The van der Waals surface area contributed by atoms with Crippen LogP contribution in [0, 0.1) is 6.92 Å². The van der Waals surface area contributed by atoms with E-state index in [2.05, 4.69) is 30.5 Å². The monoisotopic (exact) mass is 440 g/mol. The van der Waals surface area contributed by atoms with Gasteiger partial charge >= 0.3 is 6.18 Å². The number of hydrogen-bond acceptors (Lipinski definition) is 4. The van der Waals surface area contributed by atoms with Crippen LogP contribution in [0.5, 0.6) is 0 Å². The summed E-state index contributed by atoms with van der Waals surface area (Å²) in [5, 5.41) is 9.33. The summed E-state index contributed by atoms with van der Waals surface area (Å²) in [5.74, 6) is 0.247. The molecule has 1 atom stereocenters. The van der Waals surface area contributed by atoms with E-state index >= 15 is 0 Å². The molecule has 1 aliphatic carbocycles. The number of carbonyl (C=O) groups excluding carboxylic acids is 1. The number of amides is 1. The average molecular weight is 441 g/mol. The summed E-state index contributed by atoms with van der Waals surface area (Å²) in [5.41, 5.74) is 1.48. The van der Waals surface area contributed by atoms with Gasteiger partial charge in [-0.3, -0.25) is 14.9 Å². The molecule has 160 valence electrons. The fourth-order valence-corrected chi connectivity index (χ4v) is 3.67. The van der Waals surface area contributed by atoms with Gasteiger partial charge in [-0.1, -0.05) is 6.07 Å². The van der Waals surface area contributed by atoms with Crippen molar-refractivity contribution in [1.82, 2.24) is 30.5 Å². The fourth-order valence-electron chi connectivity index (χ4n) is 3.67. The molecule has 11 heteroatoms. The highest BCUT2D eigenvalue weighted by atomic mass is 35.5. The van der Waals surface area contributed by atoms with E-state index in [1.165, 1.54) is 18.6 Å². The maximum atomic E-state index is 12.8. The SMILES string of the molecule is Cc1c(C2(c3ccc(C(F)(F)F)nc3)CC2)c[nH]c1C(=O)N[C@H](C)c1ncn[nH]1.Cl. The summed E-state index contributed by atoms with van der Waals surface area (Å²) in [6, 6.07) is 2.12. The van der Waals surface area contributed by atoms with Crippen molar-refractivity contribution in [1.29, 1.82) is 0 Å². The Kier molecular flexibility index (Phi) is 5.64. The molecule has 1 fully saturated rings. The van der Waals surface area contributed by atoms with Gasteiger partial charge in [-0.05, 0) is 49.4 Å². The summed E-state index contributed by atoms with van der Waals surface area (Å²) in [6.07, 6.45) is 1.51. The molecule has 7 nitrogen and oxygen atoms in total. The molecule has 3 N–H and O–H groups in total. The van der Waals surface area contributed by atoms with E-state index in [9.17, 15) is 18.0 Å². The third-order valence-electron chi connectivity index (χ3n) is 5.43. The van der Waals surface area contributed by atoms with Gasteiger partial charge in [0, 0.05) is 17.8 Å². The Bertz CT molecular complexity index is 1030. The molecule has 3 aromatic rings. The van der Waals surface area contributed by atoms with Crippen LogP contribution >= 0.6 is 12.4 Å². The van der Waals surface area contributed by atoms with Crippen LogP contribution in [0.25, 0.3) is 0 Å². The smallest absolute Gasteiger partial charge is 0.357 e. The minimum atomic E-state index is -4.47. The molecule has 0 aliphatic heterocycles. The second-order valence-electron chi connectivity index (χ2n) is 7.28. The number of nitrogens with one attached hydrogen (secondary N) is 3. The molecule has 3 heterocycles. The quantitative estimate of drug-likeness (QED) is 0.561. The summed E-state index contributed by atoms with van der Waals surface area (Å²) in [4.78, 5) is 23.3. The van der Waals surface area contributed by atoms with E-state index in [0.29, 0.717) is 11.5 Å². The molecule has 0 saturated heterocycles. The number of carbonyl (C=O) groups is 1. The van der Waals surface area contributed by atoms with Gasteiger partial charge in [-0.2, -0.15) is 18.3 Å². The number of nitrogens with zero attached hydrogens (tertiary/aromatic N) is 3. The molecule has 0 unspecified atom stereocenters. The predicted molar refractivity (Wildman–Crippen MR) is 104 cm³/mol. The molecule has 1 amide bonds. The highest BCUT2D eigenvalue weighted by molar-refractivity contribution is 5.94. The van der Waals surface area contributed by atoms with Crippen LogP contribution in [0.3, 0.4) is 0 Å². The van der Waals surface area contributed by atoms with Crippen LogP contribution in [0.1, 0.15) is 64.5 Å². The molecular weight excluding hydrogens is 421 g/mol. The lowest BCUT2D eigenvalue weighted by molar-refractivity contribution is -0.141. The van der Waals surface area contributed by atoms with Crippen LogP contribution in [0.15, 0.2) is 30.9 Å². The van der Waals surface area contributed by atoms with Crippen LogP contribution in [0.2, 0.25) is 0 Å². The van der Waals surface area contributed by atoms with Gasteiger partial charge in [0.15, 0.2) is 0 Å². The third-order valence-corrected chi connectivity index (χ3v) is 5.43. The molecular formula is C19H20ClF3N6O. The Balaban J connectivity index is 0.00000256. The zero-order valence-electron chi connectivity index (χ0n) is 16.2. The van der Waals surface area contributed by atoms with Gasteiger partial charge in [0.25, 0.3) is 5.91 Å². The van der Waals surface area contributed by atoms with E-state index in [1.807, 2.05) is 6.92 Å². The van der Waals surface area contributed by atoms with Crippen molar-refractivity contribution in [2.24, 2.45) is 0 Å². The highest BCUT2D eigenvalue weighted by Gasteiger charge is 2.48. The summed E-state index contributed by atoms with van der Waals surface area (Å²) in [6.45, 7) is 3.62. The number of halogens is 4. The normalized spacial score (nSPS) is 15.9. The zero-order valence-corrected chi connectivity index (χ0v) is 17.0. The summed E-state index contributed by atoms with van der Waals surface area (Å²) in [7, 11) is 0. The molecule has 30 heavy (non-hydrogen) atoms. The van der Waals surface area contributed by atoms with Gasteiger partial charge < -0.3 is 10.3 Å². The number of alkyl halides is 3. The van der Waals surface area contributed by atoms with Crippen molar-refractivity contribution in [2.75, 3.05) is 0 Å². The predicted octanol–water partition coefficient (Wildman–Crippen LogP) is 3.85. The Labute approximate surface area is 176 Å². The van der Waals surface area contributed by atoms with Crippen molar-refractivity contribution in [3.8, 4) is 0 Å². The Morgan fingerprint density at radius 3 is 2.53 bits per heavy atom. The zero-order chi connectivity index (χ0) is 20.8. The number of aromatic amines is 2. The lowest BCUT2D eigenvalue weighted by Gasteiger charge is -2.17. The molecule has 0 bridgehead atoms. The lowest BCUT2D eigenvalue weighted by atomic mass is 9.88. The Hall–Kier alpha value is -2.88. The second-order valence-corrected chi connectivity index (χ2v) is 7.28. The van der Waals surface area contributed by atoms with E-state index < -0.39 is 17.3 Å². The van der Waals surface area contributed by atoms with Crippen LogP contribution in [-0.2, 0) is 11.6 Å². The van der Waals surface area contributed by atoms with Gasteiger partial charge in [0.05, 0.1) is 6.04 Å². The molecule has 0 spiro atoms. The minimum Gasteiger partial charge on any atom is -0.357 e. The third kappa shape index (κ3) is 3.79. The molecule has 1 aliphatic rings. The first-order valence-electron chi connectivity index (χ1n) is 9.11. The highest BCUT2D eigenvalue weighted by Crippen LogP contribution is 2.54. The Morgan fingerprint density at radius 1 is 1.27 bits per heavy atom. The van der Waals surface area contributed by atoms with E-state index in [-0.39, 0.29) is 24.4 Å². The standard InChI is InChI=1S/C19H19F3N6O.ClH/c1-10-13(8-24-15(10)17(29)27-11(2)16-25-9-26-28-16)18(5-6-18)12-3-4-14(23-7-12)19(20,21)22;/h3-4,7-9,11,24H,5-6H2,1-2H3,(H,27,29)(H,25,26,28);1H/t11-;/m1./s1. The number of rotatable bonds is 5. The van der Waals surface area contributed by atoms with Crippen LogP contribution in [-0.4, -0.2) is 31.1 Å². The van der Waals surface area contributed by atoms with Crippen LogP contribution in [0.4, 0.5) is 13.2 Å². The number of H-pyrrole nitrogens is 2. The average Bonchev–Trinajstić information content (AvgIpc) is 3.11. The van der Waals surface area contributed by atoms with Crippen molar-refractivity contribution in [3.63, 3.8) is 0 Å². The van der Waals surface area contributed by atoms with Crippen molar-refractivity contribution in [2.45, 2.75) is 44.3 Å². The first kappa shape index (κ1) is 21.8. The van der Waals surface area contributed by atoms with E-state index in [0.717, 1.165) is 35.6 Å². The largest absolute Gasteiger partial charge is 0.433 e. The van der Waals surface area contributed by atoms with Gasteiger partial charge in [-0.15, -0.1) is 12.4 Å². The first-order chi connectivity index (χ1) is 13.7. The van der Waals surface area contributed by atoms with Crippen molar-refractivity contribution in [3.05, 3.63) is 64.8 Å². The Morgan fingerprint density at radius 2 is 2.00 bits per heavy atom. The maximum Gasteiger partial charge on any atom is 0.433 e. The molecule has 0 radical (unpaired) electrons. The van der Waals surface area contributed by atoms with E-state index in [4.69, 9.17) is 0 Å². The van der Waals surface area contributed by atoms with Crippen LogP contribution < -0.4 is 5.32 Å². The van der Waals surface area contributed by atoms with Gasteiger partial charge in [0.1, 0.15) is 23.5 Å². The van der Waals surface area contributed by atoms with Gasteiger partial charge in [0.2, 0.25) is 0 Å². The van der Waals surface area contributed by atoms with E-state index in [1.54, 1.807) is 13.1 Å². The minimum absolute atomic E-state index is 0. The van der Waals surface area contributed by atoms with Crippen molar-refractivity contribution < 1.29 is 18.0 Å². The number of pyridine rings is 1. The molecule has 0 aromatic carbocycles. The molecule has 4 rings (SSSR count). The molecule has 3 aromatic heterocycles. The topological polar surface area (TPSA) is 99.3 Å². The summed E-state index contributed by atoms with van der Waals surface area (Å²) < 4.78 is 38.4. The fraction of sp³-hybridized carbons (Fsp3) is 0.368. The maximum absolute atomic E-state index is 12.8. The lowest BCUT2D eigenvalue weighted by Crippen LogP contribution is -2.28.